The monoisotopic (exact) mass is 118 g/mol. The van der Waals surface area contributed by atoms with E-state index in [0.717, 1.165) is 0 Å². The fourth-order valence-corrected chi connectivity index (χ4v) is 0.801. The molecule has 0 aromatic rings. The minimum atomic E-state index is -0.678. The van der Waals surface area contributed by atoms with Gasteiger partial charge in [0.1, 0.15) is 6.67 Å². The molecule has 0 bridgehead atoms. The van der Waals surface area contributed by atoms with Gasteiger partial charge in [-0.25, -0.2) is 4.39 Å². The maximum atomic E-state index is 11.5. The highest BCUT2D eigenvalue weighted by Gasteiger charge is 2.23. The molecule has 1 aliphatic rings. The topological polar surface area (TPSA) is 20.2 Å². The Morgan fingerprint density at radius 1 is 1.62 bits per heavy atom. The van der Waals surface area contributed by atoms with Crippen molar-refractivity contribution in [2.45, 2.75) is 25.4 Å². The van der Waals surface area contributed by atoms with Crippen molar-refractivity contribution in [1.29, 1.82) is 0 Å². The standard InChI is InChI=1S/C6H11FO/c7-4-6(8)3-5-1-2-5/h5-6,8H,1-4H2. The molecule has 1 N–H and O–H groups in total. The Labute approximate surface area is 48.5 Å². The lowest BCUT2D eigenvalue weighted by Gasteiger charge is -2.01. The Morgan fingerprint density at radius 3 is 2.62 bits per heavy atom. The maximum Gasteiger partial charge on any atom is 0.115 e. The third-order valence-electron chi connectivity index (χ3n) is 1.48. The van der Waals surface area contributed by atoms with Gasteiger partial charge in [-0.2, -0.15) is 0 Å². The number of hydrogen-bond acceptors (Lipinski definition) is 1. The molecule has 1 nitrogen and oxygen atoms in total. The van der Waals surface area contributed by atoms with Crippen molar-refractivity contribution < 1.29 is 9.50 Å². The molecule has 1 unspecified atom stereocenters. The number of rotatable bonds is 3. The highest BCUT2D eigenvalue weighted by molar-refractivity contribution is 4.75. The predicted molar refractivity (Wildman–Crippen MR) is 29.3 cm³/mol. The summed E-state index contributed by atoms with van der Waals surface area (Å²) < 4.78 is 11.5. The van der Waals surface area contributed by atoms with Crippen LogP contribution in [0.3, 0.4) is 0 Å². The Bertz CT molecular complexity index is 70.9. The third kappa shape index (κ3) is 1.78. The molecule has 0 saturated heterocycles. The molecule has 1 rings (SSSR count). The summed E-state index contributed by atoms with van der Waals surface area (Å²) in [4.78, 5) is 0. The van der Waals surface area contributed by atoms with Crippen LogP contribution in [-0.4, -0.2) is 17.9 Å². The summed E-state index contributed by atoms with van der Waals surface area (Å²) in [5.41, 5.74) is 0. The predicted octanol–water partition coefficient (Wildman–Crippen LogP) is 1.12. The van der Waals surface area contributed by atoms with Crippen LogP contribution in [0.5, 0.6) is 0 Å². The van der Waals surface area contributed by atoms with Gasteiger partial charge in [0.25, 0.3) is 0 Å². The molecule has 2 heteroatoms. The van der Waals surface area contributed by atoms with Crippen LogP contribution >= 0.6 is 0 Å². The second-order valence-electron chi connectivity index (χ2n) is 2.49. The lowest BCUT2D eigenvalue weighted by molar-refractivity contribution is 0.125. The second-order valence-corrected chi connectivity index (χ2v) is 2.49. The van der Waals surface area contributed by atoms with Crippen LogP contribution in [0.25, 0.3) is 0 Å². The summed E-state index contributed by atoms with van der Waals surface area (Å²) in [6, 6.07) is 0. The summed E-state index contributed by atoms with van der Waals surface area (Å²) >= 11 is 0. The van der Waals surface area contributed by atoms with Gasteiger partial charge < -0.3 is 5.11 Å². The zero-order valence-corrected chi connectivity index (χ0v) is 4.81. The van der Waals surface area contributed by atoms with E-state index in [2.05, 4.69) is 0 Å². The van der Waals surface area contributed by atoms with Crippen LogP contribution in [0.15, 0.2) is 0 Å². The third-order valence-corrected chi connectivity index (χ3v) is 1.48. The molecule has 0 spiro atoms. The van der Waals surface area contributed by atoms with E-state index >= 15 is 0 Å². The Balaban J connectivity index is 1.98. The van der Waals surface area contributed by atoms with Crippen molar-refractivity contribution in [2.75, 3.05) is 6.67 Å². The number of halogens is 1. The van der Waals surface area contributed by atoms with Crippen LogP contribution in [0.4, 0.5) is 4.39 Å². The van der Waals surface area contributed by atoms with Gasteiger partial charge in [0.2, 0.25) is 0 Å². The first-order valence-electron chi connectivity index (χ1n) is 3.07. The van der Waals surface area contributed by atoms with Crippen molar-refractivity contribution in [3.8, 4) is 0 Å². The summed E-state index contributed by atoms with van der Waals surface area (Å²) in [6.45, 7) is -0.573. The molecule has 0 radical (unpaired) electrons. The highest BCUT2D eigenvalue weighted by Crippen LogP contribution is 2.33. The summed E-state index contributed by atoms with van der Waals surface area (Å²) in [7, 11) is 0. The summed E-state index contributed by atoms with van der Waals surface area (Å²) in [5.74, 6) is 0.640. The zero-order chi connectivity index (χ0) is 5.98. The van der Waals surface area contributed by atoms with E-state index in [0.29, 0.717) is 12.3 Å². The number of aliphatic hydroxyl groups excluding tert-OH is 1. The highest BCUT2D eigenvalue weighted by atomic mass is 19.1. The first kappa shape index (κ1) is 6.02. The molecule has 0 amide bonds. The van der Waals surface area contributed by atoms with E-state index in [9.17, 15) is 4.39 Å². The van der Waals surface area contributed by atoms with Crippen molar-refractivity contribution in [3.63, 3.8) is 0 Å². The maximum absolute atomic E-state index is 11.5. The molecule has 48 valence electrons. The fourth-order valence-electron chi connectivity index (χ4n) is 0.801. The van der Waals surface area contributed by atoms with E-state index in [-0.39, 0.29) is 0 Å². The van der Waals surface area contributed by atoms with E-state index in [4.69, 9.17) is 5.11 Å². The Hall–Kier alpha value is -0.110. The molecule has 1 fully saturated rings. The van der Waals surface area contributed by atoms with E-state index < -0.39 is 12.8 Å². The average Bonchev–Trinajstić information content (AvgIpc) is 2.50. The first-order valence-corrected chi connectivity index (χ1v) is 3.07. The molecule has 1 saturated carbocycles. The molecule has 1 atom stereocenters. The fraction of sp³-hybridized carbons (Fsp3) is 1.00. The molecule has 0 aromatic carbocycles. The van der Waals surface area contributed by atoms with Gasteiger partial charge in [0.05, 0.1) is 6.10 Å². The Morgan fingerprint density at radius 2 is 2.25 bits per heavy atom. The number of hydrogen-bond donors (Lipinski definition) is 1. The lowest BCUT2D eigenvalue weighted by atomic mass is 10.2. The second kappa shape index (κ2) is 2.44. The van der Waals surface area contributed by atoms with Crippen LogP contribution in [0, 0.1) is 5.92 Å². The summed E-state index contributed by atoms with van der Waals surface area (Å²) in [5, 5.41) is 8.69. The van der Waals surface area contributed by atoms with Gasteiger partial charge in [-0.05, 0) is 12.3 Å². The SMILES string of the molecule is OC(CF)CC1CC1. The normalized spacial score (nSPS) is 23.2. The van der Waals surface area contributed by atoms with Gasteiger partial charge in [-0.3, -0.25) is 0 Å². The zero-order valence-electron chi connectivity index (χ0n) is 4.81. The van der Waals surface area contributed by atoms with Crippen molar-refractivity contribution >= 4 is 0 Å². The van der Waals surface area contributed by atoms with Crippen molar-refractivity contribution in [3.05, 3.63) is 0 Å². The first-order chi connectivity index (χ1) is 3.83. The largest absolute Gasteiger partial charge is 0.390 e. The van der Waals surface area contributed by atoms with E-state index in [1.165, 1.54) is 12.8 Å². The van der Waals surface area contributed by atoms with Crippen molar-refractivity contribution in [1.82, 2.24) is 0 Å². The van der Waals surface area contributed by atoms with Crippen LogP contribution < -0.4 is 0 Å². The van der Waals surface area contributed by atoms with Gasteiger partial charge in [-0.15, -0.1) is 0 Å². The number of aliphatic hydroxyl groups is 1. The smallest absolute Gasteiger partial charge is 0.115 e. The molecular weight excluding hydrogens is 107 g/mol. The molecule has 0 heterocycles. The number of alkyl halides is 1. The molecule has 0 aliphatic heterocycles. The molecule has 8 heavy (non-hydrogen) atoms. The van der Waals surface area contributed by atoms with E-state index in [1.54, 1.807) is 0 Å². The minimum absolute atomic E-state index is 0.573. The quantitative estimate of drug-likeness (QED) is 0.588. The van der Waals surface area contributed by atoms with Crippen LogP contribution in [-0.2, 0) is 0 Å². The summed E-state index contributed by atoms with van der Waals surface area (Å²) in [6.07, 6.45) is 2.38. The lowest BCUT2D eigenvalue weighted by Crippen LogP contribution is -2.08. The van der Waals surface area contributed by atoms with Crippen LogP contribution in [0.2, 0.25) is 0 Å². The average molecular weight is 118 g/mol. The molecule has 0 aromatic heterocycles. The van der Waals surface area contributed by atoms with E-state index in [1.807, 2.05) is 0 Å². The van der Waals surface area contributed by atoms with Crippen molar-refractivity contribution in [2.24, 2.45) is 5.92 Å². The van der Waals surface area contributed by atoms with Gasteiger partial charge in [0.15, 0.2) is 0 Å². The minimum Gasteiger partial charge on any atom is -0.390 e. The van der Waals surface area contributed by atoms with Crippen LogP contribution in [0.1, 0.15) is 19.3 Å². The molecule has 1 aliphatic carbocycles. The Kier molecular flexibility index (Phi) is 1.84. The van der Waals surface area contributed by atoms with Gasteiger partial charge in [0, 0.05) is 0 Å². The molecular formula is C6H11FO. The van der Waals surface area contributed by atoms with Gasteiger partial charge in [-0.1, -0.05) is 12.8 Å². The van der Waals surface area contributed by atoms with Gasteiger partial charge >= 0.3 is 0 Å².